The van der Waals surface area contributed by atoms with E-state index in [1.54, 1.807) is 0 Å². The average molecular weight is 259 g/mol. The van der Waals surface area contributed by atoms with Gasteiger partial charge in [-0.3, -0.25) is 0 Å². The van der Waals surface area contributed by atoms with Crippen LogP contribution in [0.15, 0.2) is 30.3 Å². The first-order valence-corrected chi connectivity index (χ1v) is 1.67. The van der Waals surface area contributed by atoms with E-state index in [9.17, 15) is 0 Å². The van der Waals surface area contributed by atoms with E-state index in [2.05, 4.69) is 0 Å². The van der Waals surface area contributed by atoms with Gasteiger partial charge in [0.25, 0.3) is 0 Å². The van der Waals surface area contributed by atoms with Crippen LogP contribution in [-0.4, -0.2) is 11.0 Å². The van der Waals surface area contributed by atoms with E-state index >= 15 is 0 Å². The molecule has 0 N–H and O–H groups in total. The monoisotopic (exact) mass is 257 g/mol. The van der Waals surface area contributed by atoms with E-state index in [1.807, 2.05) is 30.3 Å². The van der Waals surface area contributed by atoms with E-state index in [-0.39, 0.29) is 62.0 Å². The Kier molecular flexibility index (Phi) is 40.0. The van der Waals surface area contributed by atoms with E-state index in [0.717, 1.165) is 0 Å². The molecule has 0 saturated heterocycles. The Morgan fingerprint density at radius 3 is 1.33 bits per heavy atom. The third kappa shape index (κ3) is 12.3. The Morgan fingerprint density at radius 2 is 1.22 bits per heavy atom. The molecular weight excluding hydrogens is 250 g/mol. The Hall–Kier alpha value is 1.03. The molecule has 0 atom stereocenters. The van der Waals surface area contributed by atoms with Crippen LogP contribution in [0.2, 0.25) is 0 Å². The topological polar surface area (TPSA) is 0 Å². The molecule has 0 bridgehead atoms. The van der Waals surface area contributed by atoms with Gasteiger partial charge in [-0.2, -0.15) is 18.2 Å². The van der Waals surface area contributed by atoms with Gasteiger partial charge in [0.1, 0.15) is 0 Å². The zero-order valence-electron chi connectivity index (χ0n) is 4.14. The second-order valence-corrected chi connectivity index (χ2v) is 0.962. The first-order valence-electron chi connectivity index (χ1n) is 1.67. The molecule has 1 aromatic rings. The average Bonchev–Trinajstić information content (AvgIpc) is 1.76. The maximum Gasteiger partial charge on any atom is 3.00 e. The SMILES string of the molecule is [Cl-].[Cl-].[SiH4].[Zr+3].c1cc[cH-]c1. The van der Waals surface area contributed by atoms with Gasteiger partial charge in [-0.05, 0) is 11.0 Å². The fourth-order valence-corrected chi connectivity index (χ4v) is 0.321. The van der Waals surface area contributed by atoms with Crippen LogP contribution in [0.5, 0.6) is 0 Å². The molecule has 0 aromatic heterocycles. The number of hydrogen-bond donors (Lipinski definition) is 0. The summed E-state index contributed by atoms with van der Waals surface area (Å²) in [6.45, 7) is 0. The summed E-state index contributed by atoms with van der Waals surface area (Å²) in [6.07, 6.45) is 0. The van der Waals surface area contributed by atoms with Crippen molar-refractivity contribution in [3.8, 4) is 0 Å². The molecule has 0 aliphatic carbocycles. The van der Waals surface area contributed by atoms with Crippen molar-refractivity contribution < 1.29 is 51.0 Å². The molecule has 0 unspecified atom stereocenters. The molecular formula is C5H9Cl2SiZr. The number of halogens is 2. The van der Waals surface area contributed by atoms with E-state index in [1.165, 1.54) is 0 Å². The molecule has 0 spiro atoms. The molecule has 9 heavy (non-hydrogen) atoms. The van der Waals surface area contributed by atoms with Gasteiger partial charge in [0, 0.05) is 0 Å². The normalized spacial score (nSPS) is 4.44. The summed E-state index contributed by atoms with van der Waals surface area (Å²) in [7, 11) is 0. The van der Waals surface area contributed by atoms with Crippen LogP contribution in [0.3, 0.4) is 0 Å². The third-order valence-electron chi connectivity index (χ3n) is 0.556. The molecule has 0 amide bonds. The van der Waals surface area contributed by atoms with Crippen LogP contribution in [0.1, 0.15) is 0 Å². The minimum atomic E-state index is 0. The van der Waals surface area contributed by atoms with Crippen LogP contribution in [0.25, 0.3) is 0 Å². The van der Waals surface area contributed by atoms with Crippen molar-refractivity contribution in [3.05, 3.63) is 30.3 Å². The van der Waals surface area contributed by atoms with Gasteiger partial charge in [-0.15, -0.1) is 0 Å². The summed E-state index contributed by atoms with van der Waals surface area (Å²) in [4.78, 5) is 0. The van der Waals surface area contributed by atoms with E-state index in [4.69, 9.17) is 0 Å². The fraction of sp³-hybridized carbons (Fsp3) is 0. The summed E-state index contributed by atoms with van der Waals surface area (Å²) < 4.78 is 0. The molecule has 0 fully saturated rings. The van der Waals surface area contributed by atoms with Gasteiger partial charge in [0.05, 0.1) is 0 Å². The zero-order valence-corrected chi connectivity index (χ0v) is 8.11. The Morgan fingerprint density at radius 1 is 0.889 bits per heavy atom. The third-order valence-corrected chi connectivity index (χ3v) is 0.556. The largest absolute Gasteiger partial charge is 3.00 e. The smallest absolute Gasteiger partial charge is 1.00 e. The number of hydrogen-bond acceptors (Lipinski definition) is 0. The molecule has 0 aliphatic heterocycles. The standard InChI is InChI=1S/C5H5.2ClH.H4Si.Zr/c1-2-4-5-3-1;;;;/h1-5H;2*1H;1H4;/q-1;;;;+3/p-2. The number of rotatable bonds is 0. The molecule has 1 rings (SSSR count). The maximum atomic E-state index is 2.00. The van der Waals surface area contributed by atoms with Crippen molar-refractivity contribution in [1.29, 1.82) is 0 Å². The van der Waals surface area contributed by atoms with Crippen molar-refractivity contribution in [2.75, 3.05) is 0 Å². The van der Waals surface area contributed by atoms with Gasteiger partial charge in [0.15, 0.2) is 0 Å². The van der Waals surface area contributed by atoms with Crippen molar-refractivity contribution in [3.63, 3.8) is 0 Å². The molecule has 51 valence electrons. The summed E-state index contributed by atoms with van der Waals surface area (Å²) in [5.41, 5.74) is 0. The fourth-order valence-electron chi connectivity index (χ4n) is 0.321. The van der Waals surface area contributed by atoms with E-state index in [0.29, 0.717) is 0 Å². The Balaban J connectivity index is -0.0000000312. The first-order chi connectivity index (χ1) is 2.50. The van der Waals surface area contributed by atoms with Crippen molar-refractivity contribution >= 4 is 11.0 Å². The maximum absolute atomic E-state index is 2.00. The van der Waals surface area contributed by atoms with Crippen molar-refractivity contribution in [2.45, 2.75) is 0 Å². The van der Waals surface area contributed by atoms with Crippen LogP contribution >= 0.6 is 0 Å². The molecule has 0 saturated carbocycles. The molecule has 1 radical (unpaired) electrons. The van der Waals surface area contributed by atoms with Crippen molar-refractivity contribution in [2.24, 2.45) is 0 Å². The van der Waals surface area contributed by atoms with Crippen molar-refractivity contribution in [1.82, 2.24) is 0 Å². The van der Waals surface area contributed by atoms with Gasteiger partial charge in [-0.1, -0.05) is 0 Å². The quantitative estimate of drug-likeness (QED) is 0.321. The zero-order chi connectivity index (χ0) is 3.54. The van der Waals surface area contributed by atoms with Gasteiger partial charge in [0.2, 0.25) is 0 Å². The second kappa shape index (κ2) is 16.0. The Labute approximate surface area is 91.7 Å². The Bertz CT molecular complexity index is 71.4. The van der Waals surface area contributed by atoms with Gasteiger partial charge < -0.3 is 24.8 Å². The van der Waals surface area contributed by atoms with Gasteiger partial charge in [-0.25, -0.2) is 12.1 Å². The molecule has 0 heterocycles. The first kappa shape index (κ1) is 22.5. The van der Waals surface area contributed by atoms with Crippen LogP contribution < -0.4 is 24.8 Å². The predicted molar refractivity (Wildman–Crippen MR) is 33.4 cm³/mol. The molecule has 1 aromatic carbocycles. The summed E-state index contributed by atoms with van der Waals surface area (Å²) >= 11 is 0. The molecule has 0 aliphatic rings. The minimum absolute atomic E-state index is 0. The minimum Gasteiger partial charge on any atom is -1.00 e. The van der Waals surface area contributed by atoms with Crippen LogP contribution in [-0.2, 0) is 26.2 Å². The second-order valence-electron chi connectivity index (χ2n) is 0.962. The van der Waals surface area contributed by atoms with Crippen LogP contribution in [0, 0.1) is 0 Å². The predicted octanol–water partition coefficient (Wildman–Crippen LogP) is -6.04. The van der Waals surface area contributed by atoms with Gasteiger partial charge >= 0.3 is 26.2 Å². The molecule has 0 nitrogen and oxygen atoms in total. The van der Waals surface area contributed by atoms with Crippen LogP contribution in [0.4, 0.5) is 0 Å². The summed E-state index contributed by atoms with van der Waals surface area (Å²) in [6, 6.07) is 10.0. The summed E-state index contributed by atoms with van der Waals surface area (Å²) in [5.74, 6) is 0. The molecule has 4 heteroatoms. The summed E-state index contributed by atoms with van der Waals surface area (Å²) in [5, 5.41) is 0. The van der Waals surface area contributed by atoms with E-state index < -0.39 is 0 Å².